The summed E-state index contributed by atoms with van der Waals surface area (Å²) in [5.74, 6) is 0. The SMILES string of the molecule is CCCCCc1ccc(-c2ccccc2C)s1. The van der Waals surface area contributed by atoms with Gasteiger partial charge < -0.3 is 0 Å². The first kappa shape index (κ1) is 12.4. The fourth-order valence-electron chi connectivity index (χ4n) is 2.06. The zero-order chi connectivity index (χ0) is 12.1. The number of hydrogen-bond donors (Lipinski definition) is 0. The van der Waals surface area contributed by atoms with Gasteiger partial charge in [-0.15, -0.1) is 11.3 Å². The van der Waals surface area contributed by atoms with Gasteiger partial charge in [0.2, 0.25) is 0 Å². The summed E-state index contributed by atoms with van der Waals surface area (Å²) in [6.07, 6.45) is 5.21. The van der Waals surface area contributed by atoms with Crippen molar-refractivity contribution in [1.29, 1.82) is 0 Å². The summed E-state index contributed by atoms with van der Waals surface area (Å²) >= 11 is 1.95. The Balaban J connectivity index is 2.10. The largest absolute Gasteiger partial charge is 0.140 e. The third-order valence-corrected chi connectivity index (χ3v) is 4.28. The maximum atomic E-state index is 2.29. The van der Waals surface area contributed by atoms with Crippen LogP contribution in [0.25, 0.3) is 10.4 Å². The maximum absolute atomic E-state index is 2.29. The smallest absolute Gasteiger partial charge is 0.0348 e. The van der Waals surface area contributed by atoms with E-state index in [1.165, 1.54) is 46.6 Å². The first-order chi connectivity index (χ1) is 8.31. The highest BCUT2D eigenvalue weighted by Crippen LogP contribution is 2.31. The molecule has 0 saturated carbocycles. The second-order valence-electron chi connectivity index (χ2n) is 4.54. The fourth-order valence-corrected chi connectivity index (χ4v) is 3.20. The molecular formula is C16H20S. The van der Waals surface area contributed by atoms with E-state index >= 15 is 0 Å². The average molecular weight is 244 g/mol. The molecule has 1 aromatic heterocycles. The number of hydrogen-bond acceptors (Lipinski definition) is 1. The summed E-state index contributed by atoms with van der Waals surface area (Å²) in [6.45, 7) is 4.44. The van der Waals surface area contributed by atoms with E-state index in [2.05, 4.69) is 50.2 Å². The summed E-state index contributed by atoms with van der Waals surface area (Å²) in [5, 5.41) is 0. The van der Waals surface area contributed by atoms with Crippen molar-refractivity contribution >= 4 is 11.3 Å². The van der Waals surface area contributed by atoms with Crippen LogP contribution in [0.1, 0.15) is 36.6 Å². The van der Waals surface area contributed by atoms with Crippen LogP contribution in [0.15, 0.2) is 36.4 Å². The lowest BCUT2D eigenvalue weighted by atomic mass is 10.1. The normalized spacial score (nSPS) is 10.7. The maximum Gasteiger partial charge on any atom is 0.0348 e. The van der Waals surface area contributed by atoms with Crippen molar-refractivity contribution in [2.75, 3.05) is 0 Å². The molecule has 1 aromatic carbocycles. The minimum atomic E-state index is 1.24. The van der Waals surface area contributed by atoms with Crippen LogP contribution in [0.3, 0.4) is 0 Å². The molecule has 90 valence electrons. The van der Waals surface area contributed by atoms with Crippen LogP contribution in [0, 0.1) is 6.92 Å². The molecule has 0 saturated heterocycles. The Morgan fingerprint density at radius 1 is 1.00 bits per heavy atom. The van der Waals surface area contributed by atoms with Crippen molar-refractivity contribution < 1.29 is 0 Å². The van der Waals surface area contributed by atoms with E-state index in [-0.39, 0.29) is 0 Å². The summed E-state index contributed by atoms with van der Waals surface area (Å²) in [4.78, 5) is 2.94. The molecule has 17 heavy (non-hydrogen) atoms. The van der Waals surface area contributed by atoms with Crippen LogP contribution in [0.2, 0.25) is 0 Å². The predicted octanol–water partition coefficient (Wildman–Crippen LogP) is 5.46. The summed E-state index contributed by atoms with van der Waals surface area (Å²) in [6, 6.07) is 13.2. The number of thiophene rings is 1. The summed E-state index contributed by atoms with van der Waals surface area (Å²) < 4.78 is 0. The molecule has 1 heteroatoms. The monoisotopic (exact) mass is 244 g/mol. The molecule has 1 heterocycles. The van der Waals surface area contributed by atoms with Gasteiger partial charge in [0.05, 0.1) is 0 Å². The highest BCUT2D eigenvalue weighted by atomic mass is 32.1. The van der Waals surface area contributed by atoms with Gasteiger partial charge in [-0.2, -0.15) is 0 Å². The van der Waals surface area contributed by atoms with Gasteiger partial charge in [0, 0.05) is 9.75 Å². The number of aryl methyl sites for hydroxylation is 2. The van der Waals surface area contributed by atoms with Gasteiger partial charge in [0.25, 0.3) is 0 Å². The molecule has 0 amide bonds. The van der Waals surface area contributed by atoms with Gasteiger partial charge in [0.15, 0.2) is 0 Å². The number of rotatable bonds is 5. The molecule has 0 aliphatic rings. The topological polar surface area (TPSA) is 0 Å². The first-order valence-corrected chi connectivity index (χ1v) is 7.27. The lowest BCUT2D eigenvalue weighted by Crippen LogP contribution is -1.79. The molecule has 0 spiro atoms. The van der Waals surface area contributed by atoms with E-state index in [0.717, 1.165) is 0 Å². The van der Waals surface area contributed by atoms with Crippen LogP contribution in [-0.2, 0) is 6.42 Å². The Kier molecular flexibility index (Phi) is 4.38. The molecule has 2 aromatic rings. The molecule has 2 rings (SSSR count). The number of benzene rings is 1. The van der Waals surface area contributed by atoms with Gasteiger partial charge in [-0.05, 0) is 43.0 Å². The Morgan fingerprint density at radius 2 is 1.82 bits per heavy atom. The molecule has 0 nitrogen and oxygen atoms in total. The Morgan fingerprint density at radius 3 is 2.59 bits per heavy atom. The highest BCUT2D eigenvalue weighted by Gasteiger charge is 2.04. The first-order valence-electron chi connectivity index (χ1n) is 6.46. The predicted molar refractivity (Wildman–Crippen MR) is 77.7 cm³/mol. The molecule has 0 radical (unpaired) electrons. The van der Waals surface area contributed by atoms with Gasteiger partial charge in [-0.3, -0.25) is 0 Å². The fraction of sp³-hybridized carbons (Fsp3) is 0.375. The molecule has 0 aliphatic heterocycles. The van der Waals surface area contributed by atoms with E-state index < -0.39 is 0 Å². The van der Waals surface area contributed by atoms with E-state index in [1.54, 1.807) is 0 Å². The van der Waals surface area contributed by atoms with E-state index in [1.807, 2.05) is 11.3 Å². The van der Waals surface area contributed by atoms with Crippen LogP contribution in [0.4, 0.5) is 0 Å². The van der Waals surface area contributed by atoms with Crippen molar-refractivity contribution in [3.63, 3.8) is 0 Å². The molecule has 0 fully saturated rings. The Labute approximate surface area is 108 Å². The van der Waals surface area contributed by atoms with Gasteiger partial charge in [-0.25, -0.2) is 0 Å². The van der Waals surface area contributed by atoms with Crippen LogP contribution in [-0.4, -0.2) is 0 Å². The standard InChI is InChI=1S/C16H20S/c1-3-4-5-9-14-11-12-16(17-14)15-10-7-6-8-13(15)2/h6-8,10-12H,3-5,9H2,1-2H3. The highest BCUT2D eigenvalue weighted by molar-refractivity contribution is 7.15. The molecule has 0 atom stereocenters. The van der Waals surface area contributed by atoms with Crippen LogP contribution < -0.4 is 0 Å². The van der Waals surface area contributed by atoms with Gasteiger partial charge >= 0.3 is 0 Å². The van der Waals surface area contributed by atoms with E-state index in [4.69, 9.17) is 0 Å². The second kappa shape index (κ2) is 6.02. The number of unbranched alkanes of at least 4 members (excludes halogenated alkanes) is 2. The molecule has 0 N–H and O–H groups in total. The lowest BCUT2D eigenvalue weighted by Gasteiger charge is -2.01. The quantitative estimate of drug-likeness (QED) is 0.613. The summed E-state index contributed by atoms with van der Waals surface area (Å²) in [7, 11) is 0. The zero-order valence-corrected chi connectivity index (χ0v) is 11.5. The lowest BCUT2D eigenvalue weighted by molar-refractivity contribution is 0.722. The third-order valence-electron chi connectivity index (χ3n) is 3.10. The Bertz CT molecular complexity index is 468. The minimum Gasteiger partial charge on any atom is -0.140 e. The van der Waals surface area contributed by atoms with Gasteiger partial charge in [-0.1, -0.05) is 44.0 Å². The molecule has 0 bridgehead atoms. The molecule has 0 unspecified atom stereocenters. The van der Waals surface area contributed by atoms with Crippen molar-refractivity contribution in [1.82, 2.24) is 0 Å². The minimum absolute atomic E-state index is 1.24. The van der Waals surface area contributed by atoms with Crippen LogP contribution >= 0.6 is 11.3 Å². The summed E-state index contributed by atoms with van der Waals surface area (Å²) in [5.41, 5.74) is 2.76. The zero-order valence-electron chi connectivity index (χ0n) is 10.7. The second-order valence-corrected chi connectivity index (χ2v) is 5.71. The molecule has 0 aliphatic carbocycles. The Hall–Kier alpha value is -1.08. The van der Waals surface area contributed by atoms with E-state index in [0.29, 0.717) is 0 Å². The van der Waals surface area contributed by atoms with Crippen LogP contribution in [0.5, 0.6) is 0 Å². The van der Waals surface area contributed by atoms with E-state index in [9.17, 15) is 0 Å². The molecular weight excluding hydrogens is 224 g/mol. The third kappa shape index (κ3) is 3.19. The average Bonchev–Trinajstić information content (AvgIpc) is 2.79. The van der Waals surface area contributed by atoms with Crippen molar-refractivity contribution in [2.45, 2.75) is 39.5 Å². The van der Waals surface area contributed by atoms with Crippen molar-refractivity contribution in [3.8, 4) is 10.4 Å². The van der Waals surface area contributed by atoms with Gasteiger partial charge in [0.1, 0.15) is 0 Å². The van der Waals surface area contributed by atoms with Crippen molar-refractivity contribution in [2.24, 2.45) is 0 Å². The van der Waals surface area contributed by atoms with Crippen molar-refractivity contribution in [3.05, 3.63) is 46.8 Å².